The van der Waals surface area contributed by atoms with Crippen molar-refractivity contribution in [2.45, 2.75) is 11.3 Å². The first-order chi connectivity index (χ1) is 7.34. The Morgan fingerprint density at radius 1 is 1.38 bits per heavy atom. The third-order valence-corrected chi connectivity index (χ3v) is 3.21. The van der Waals surface area contributed by atoms with E-state index in [-0.39, 0.29) is 0 Å². The van der Waals surface area contributed by atoms with E-state index in [0.717, 1.165) is 18.2 Å². The number of nitrogen functional groups attached to an aromatic ring is 1. The van der Waals surface area contributed by atoms with Gasteiger partial charge in [0.2, 0.25) is 10.0 Å². The number of benzene rings is 1. The highest BCUT2D eigenvalue weighted by molar-refractivity contribution is 7.89. The van der Waals surface area contributed by atoms with Gasteiger partial charge in [0.25, 0.3) is 6.43 Å². The topological polar surface area (TPSA) is 72.2 Å². The molecule has 0 unspecified atom stereocenters. The maximum Gasteiger partial charge on any atom is 0.251 e. The summed E-state index contributed by atoms with van der Waals surface area (Å²) in [4.78, 5) is -0.548. The van der Waals surface area contributed by atoms with Crippen molar-refractivity contribution in [2.24, 2.45) is 0 Å². The molecule has 8 heteroatoms. The monoisotopic (exact) mass is 254 g/mol. The van der Waals surface area contributed by atoms with Gasteiger partial charge in [-0.15, -0.1) is 0 Å². The van der Waals surface area contributed by atoms with Crippen LogP contribution in [0.25, 0.3) is 0 Å². The van der Waals surface area contributed by atoms with Crippen molar-refractivity contribution in [1.29, 1.82) is 0 Å². The Hall–Kier alpha value is -1.28. The molecule has 0 aliphatic rings. The molecule has 3 N–H and O–H groups in total. The van der Waals surface area contributed by atoms with E-state index in [0.29, 0.717) is 0 Å². The van der Waals surface area contributed by atoms with E-state index in [2.05, 4.69) is 0 Å². The summed E-state index contributed by atoms with van der Waals surface area (Å²) in [6.07, 6.45) is -2.83. The minimum atomic E-state index is -4.20. The first-order valence-corrected chi connectivity index (χ1v) is 5.64. The number of alkyl halides is 2. The molecule has 0 heterocycles. The van der Waals surface area contributed by atoms with Crippen LogP contribution in [0.3, 0.4) is 0 Å². The summed E-state index contributed by atoms with van der Waals surface area (Å²) in [5, 5.41) is 0. The molecular weight excluding hydrogens is 245 g/mol. The molecule has 0 spiro atoms. The molecule has 0 aliphatic heterocycles. The van der Waals surface area contributed by atoms with Gasteiger partial charge in [0, 0.05) is 0 Å². The summed E-state index contributed by atoms with van der Waals surface area (Å²) in [6, 6.07) is 3.14. The highest BCUT2D eigenvalue weighted by Crippen LogP contribution is 2.20. The predicted molar refractivity (Wildman–Crippen MR) is 52.0 cm³/mol. The average Bonchev–Trinajstić information content (AvgIpc) is 2.19. The zero-order valence-electron chi connectivity index (χ0n) is 7.95. The van der Waals surface area contributed by atoms with Crippen molar-refractivity contribution in [2.75, 3.05) is 12.3 Å². The quantitative estimate of drug-likeness (QED) is 0.786. The van der Waals surface area contributed by atoms with Crippen molar-refractivity contribution in [3.63, 3.8) is 0 Å². The van der Waals surface area contributed by atoms with Gasteiger partial charge in [-0.05, 0) is 12.1 Å². The second-order valence-electron chi connectivity index (χ2n) is 2.89. The van der Waals surface area contributed by atoms with Crippen molar-refractivity contribution >= 4 is 15.7 Å². The van der Waals surface area contributed by atoms with E-state index in [9.17, 15) is 21.6 Å². The maximum atomic E-state index is 12.9. The van der Waals surface area contributed by atoms with Gasteiger partial charge in [-0.1, -0.05) is 6.07 Å². The Morgan fingerprint density at radius 2 is 2.00 bits per heavy atom. The van der Waals surface area contributed by atoms with Crippen LogP contribution in [0.5, 0.6) is 0 Å². The first kappa shape index (κ1) is 12.8. The van der Waals surface area contributed by atoms with E-state index >= 15 is 0 Å². The summed E-state index contributed by atoms with van der Waals surface area (Å²) in [7, 11) is -4.20. The molecule has 0 aliphatic carbocycles. The number of rotatable bonds is 4. The highest BCUT2D eigenvalue weighted by Gasteiger charge is 2.20. The predicted octanol–water partition coefficient (Wildman–Crippen LogP) is 0.951. The lowest BCUT2D eigenvalue weighted by Gasteiger charge is -2.08. The molecule has 0 atom stereocenters. The zero-order chi connectivity index (χ0) is 12.3. The van der Waals surface area contributed by atoms with Crippen LogP contribution >= 0.6 is 0 Å². The number of sulfonamides is 1. The van der Waals surface area contributed by atoms with Gasteiger partial charge in [-0.2, -0.15) is 0 Å². The van der Waals surface area contributed by atoms with Crippen LogP contribution in [0, 0.1) is 5.82 Å². The number of para-hydroxylation sites is 1. The van der Waals surface area contributed by atoms with Crippen molar-refractivity contribution in [3.05, 3.63) is 24.0 Å². The largest absolute Gasteiger partial charge is 0.395 e. The summed E-state index contributed by atoms with van der Waals surface area (Å²) >= 11 is 0. The van der Waals surface area contributed by atoms with Crippen molar-refractivity contribution in [1.82, 2.24) is 4.72 Å². The van der Waals surface area contributed by atoms with E-state index < -0.39 is 39.4 Å². The van der Waals surface area contributed by atoms with E-state index in [1.165, 1.54) is 0 Å². The number of anilines is 1. The van der Waals surface area contributed by atoms with Crippen molar-refractivity contribution < 1.29 is 21.6 Å². The van der Waals surface area contributed by atoms with E-state index in [1.54, 1.807) is 4.72 Å². The molecule has 0 radical (unpaired) electrons. The van der Waals surface area contributed by atoms with Crippen LogP contribution in [0.15, 0.2) is 23.1 Å². The third kappa shape index (κ3) is 2.86. The third-order valence-electron chi connectivity index (χ3n) is 1.73. The lowest BCUT2D eigenvalue weighted by molar-refractivity contribution is 0.153. The number of nitrogens with one attached hydrogen (secondary N) is 1. The first-order valence-electron chi connectivity index (χ1n) is 4.16. The lowest BCUT2D eigenvalue weighted by Crippen LogP contribution is -2.29. The van der Waals surface area contributed by atoms with Crippen LogP contribution in [0.2, 0.25) is 0 Å². The summed E-state index contributed by atoms with van der Waals surface area (Å²) in [5.74, 6) is -0.917. The van der Waals surface area contributed by atoms with Crippen LogP contribution in [-0.2, 0) is 10.0 Å². The standard InChI is InChI=1S/C8H9F3N2O2S/c9-5-2-1-3-6(8(5)12)16(14,15)13-4-7(10)11/h1-3,7,13H,4,12H2. The molecular formula is C8H9F3N2O2S. The minimum absolute atomic E-state index is 0.548. The molecule has 4 nitrogen and oxygen atoms in total. The molecule has 90 valence electrons. The molecule has 0 aromatic heterocycles. The van der Waals surface area contributed by atoms with Gasteiger partial charge >= 0.3 is 0 Å². The van der Waals surface area contributed by atoms with Crippen LogP contribution in [-0.4, -0.2) is 21.4 Å². The highest BCUT2D eigenvalue weighted by atomic mass is 32.2. The number of hydrogen-bond acceptors (Lipinski definition) is 3. The van der Waals surface area contributed by atoms with Gasteiger partial charge in [-0.25, -0.2) is 26.3 Å². The van der Waals surface area contributed by atoms with Crippen LogP contribution in [0.4, 0.5) is 18.9 Å². The molecule has 0 saturated carbocycles. The summed E-state index contributed by atoms with van der Waals surface area (Å²) < 4.78 is 61.1. The number of halogens is 3. The Bertz CT molecular complexity index is 476. The maximum absolute atomic E-state index is 12.9. The van der Waals surface area contributed by atoms with Gasteiger partial charge in [-0.3, -0.25) is 0 Å². The Labute approximate surface area is 90.3 Å². The van der Waals surface area contributed by atoms with Crippen molar-refractivity contribution in [3.8, 4) is 0 Å². The van der Waals surface area contributed by atoms with Crippen LogP contribution in [0.1, 0.15) is 0 Å². The molecule has 1 rings (SSSR count). The fourth-order valence-corrected chi connectivity index (χ4v) is 2.15. The summed E-state index contributed by atoms with van der Waals surface area (Å²) in [6.45, 7) is -1.04. The minimum Gasteiger partial charge on any atom is -0.395 e. The Morgan fingerprint density at radius 3 is 2.56 bits per heavy atom. The normalized spacial score (nSPS) is 12.0. The Kier molecular flexibility index (Phi) is 3.76. The average molecular weight is 254 g/mol. The van der Waals surface area contributed by atoms with Gasteiger partial charge in [0.1, 0.15) is 10.7 Å². The molecule has 0 saturated heterocycles. The molecule has 0 fully saturated rings. The van der Waals surface area contributed by atoms with Gasteiger partial charge in [0.05, 0.1) is 12.2 Å². The number of nitrogens with two attached hydrogens (primary N) is 1. The molecule has 0 bridgehead atoms. The molecule has 1 aromatic carbocycles. The summed E-state index contributed by atoms with van der Waals surface area (Å²) in [5.41, 5.74) is 4.60. The fourth-order valence-electron chi connectivity index (χ4n) is 1.00. The van der Waals surface area contributed by atoms with E-state index in [1.807, 2.05) is 0 Å². The van der Waals surface area contributed by atoms with Crippen LogP contribution < -0.4 is 10.5 Å². The Balaban J connectivity index is 3.03. The van der Waals surface area contributed by atoms with Gasteiger partial charge in [0.15, 0.2) is 0 Å². The molecule has 1 aromatic rings. The SMILES string of the molecule is Nc1c(F)cccc1S(=O)(=O)NCC(F)F. The molecule has 16 heavy (non-hydrogen) atoms. The number of hydrogen-bond donors (Lipinski definition) is 2. The smallest absolute Gasteiger partial charge is 0.251 e. The zero-order valence-corrected chi connectivity index (χ0v) is 8.77. The molecule has 0 amide bonds. The lowest BCUT2D eigenvalue weighted by atomic mass is 10.3. The second-order valence-corrected chi connectivity index (χ2v) is 4.63. The van der Waals surface area contributed by atoms with Gasteiger partial charge < -0.3 is 5.73 Å². The second kappa shape index (κ2) is 4.71. The fraction of sp³-hybridized carbons (Fsp3) is 0.250. The van der Waals surface area contributed by atoms with E-state index in [4.69, 9.17) is 5.73 Å².